The average Bonchev–Trinajstić information content (AvgIpc) is 3.15. The second kappa shape index (κ2) is 8.05. The number of aromatic nitrogens is 4. The minimum Gasteiger partial charge on any atom is -0.475 e. The monoisotopic (exact) mass is 391 g/mol. The molecule has 0 aliphatic heterocycles. The summed E-state index contributed by atoms with van der Waals surface area (Å²) >= 11 is 0. The molecule has 2 aromatic carbocycles. The second-order valence-electron chi connectivity index (χ2n) is 6.39. The number of carbonyl (C=O) groups is 1. The van der Waals surface area contributed by atoms with E-state index >= 15 is 0 Å². The third-order valence-electron chi connectivity index (χ3n) is 4.35. The number of aryl methyl sites for hydroxylation is 1. The van der Waals surface area contributed by atoms with Crippen LogP contribution in [-0.4, -0.2) is 38.9 Å². The minimum absolute atomic E-state index is 0.151. The van der Waals surface area contributed by atoms with E-state index in [1.54, 1.807) is 30.3 Å². The Hall–Kier alpha value is -3.81. The molecule has 0 saturated carbocycles. The Morgan fingerprint density at radius 2 is 1.97 bits per heavy atom. The fourth-order valence-corrected chi connectivity index (χ4v) is 2.90. The van der Waals surface area contributed by atoms with Crippen LogP contribution in [0.3, 0.4) is 0 Å². The molecule has 2 aromatic heterocycles. The first-order chi connectivity index (χ1) is 14.1. The van der Waals surface area contributed by atoms with E-state index in [4.69, 9.17) is 4.74 Å². The van der Waals surface area contributed by atoms with E-state index in [0.29, 0.717) is 35.0 Å². The van der Waals surface area contributed by atoms with Crippen LogP contribution in [0.15, 0.2) is 60.7 Å². The van der Waals surface area contributed by atoms with Gasteiger partial charge in [-0.2, -0.15) is 4.52 Å². The van der Waals surface area contributed by atoms with Crippen LogP contribution in [0.5, 0.6) is 5.88 Å². The molecule has 1 N–H and O–H groups in total. The highest BCUT2D eigenvalue weighted by Gasteiger charge is 2.11. The molecule has 0 aliphatic rings. The molecule has 7 nitrogen and oxygen atoms in total. The van der Waals surface area contributed by atoms with Crippen molar-refractivity contribution in [3.05, 3.63) is 77.6 Å². The van der Waals surface area contributed by atoms with Gasteiger partial charge < -0.3 is 10.1 Å². The summed E-state index contributed by atoms with van der Waals surface area (Å²) in [6.45, 7) is 2.46. The van der Waals surface area contributed by atoms with Gasteiger partial charge in [-0.15, -0.1) is 15.3 Å². The molecule has 29 heavy (non-hydrogen) atoms. The van der Waals surface area contributed by atoms with Crippen molar-refractivity contribution in [2.75, 3.05) is 13.2 Å². The van der Waals surface area contributed by atoms with Crippen molar-refractivity contribution in [1.29, 1.82) is 0 Å². The van der Waals surface area contributed by atoms with Gasteiger partial charge in [0.15, 0.2) is 11.5 Å². The molecule has 1 amide bonds. The van der Waals surface area contributed by atoms with Crippen molar-refractivity contribution in [2.45, 2.75) is 6.92 Å². The Morgan fingerprint density at radius 1 is 1.10 bits per heavy atom. The molecular weight excluding hydrogens is 373 g/mol. The normalized spacial score (nSPS) is 10.8. The van der Waals surface area contributed by atoms with E-state index in [2.05, 4.69) is 20.6 Å². The van der Waals surface area contributed by atoms with Gasteiger partial charge in [0.1, 0.15) is 12.4 Å². The summed E-state index contributed by atoms with van der Waals surface area (Å²) in [7, 11) is 0. The highest BCUT2D eigenvalue weighted by atomic mass is 19.1. The first-order valence-corrected chi connectivity index (χ1v) is 9.07. The third-order valence-corrected chi connectivity index (χ3v) is 4.35. The number of benzene rings is 2. The number of ether oxygens (including phenoxy) is 1. The zero-order valence-electron chi connectivity index (χ0n) is 15.7. The summed E-state index contributed by atoms with van der Waals surface area (Å²) < 4.78 is 20.7. The Kier molecular flexibility index (Phi) is 5.15. The number of hydrogen-bond acceptors (Lipinski definition) is 5. The highest BCUT2D eigenvalue weighted by Crippen LogP contribution is 2.19. The summed E-state index contributed by atoms with van der Waals surface area (Å²) in [5.74, 6) is 0.247. The molecule has 0 unspecified atom stereocenters. The number of nitrogens with one attached hydrogen (secondary N) is 1. The summed E-state index contributed by atoms with van der Waals surface area (Å²) in [6, 6.07) is 16.8. The maximum Gasteiger partial charge on any atom is 0.251 e. The molecule has 0 atom stereocenters. The van der Waals surface area contributed by atoms with Crippen molar-refractivity contribution in [1.82, 2.24) is 25.1 Å². The van der Waals surface area contributed by atoms with E-state index in [1.165, 1.54) is 16.6 Å². The Balaban J connectivity index is 1.42. The van der Waals surface area contributed by atoms with E-state index in [-0.39, 0.29) is 18.3 Å². The number of amides is 1. The van der Waals surface area contributed by atoms with E-state index in [0.717, 1.165) is 5.56 Å². The highest BCUT2D eigenvalue weighted by molar-refractivity contribution is 5.95. The molecule has 4 rings (SSSR count). The lowest BCUT2D eigenvalue weighted by molar-refractivity contribution is 0.0946. The molecule has 0 spiro atoms. The zero-order valence-corrected chi connectivity index (χ0v) is 15.7. The molecule has 2 heterocycles. The van der Waals surface area contributed by atoms with Gasteiger partial charge in [0.05, 0.1) is 6.54 Å². The number of halogens is 1. The smallest absolute Gasteiger partial charge is 0.251 e. The number of fused-ring (bicyclic) bond motifs is 1. The van der Waals surface area contributed by atoms with E-state index < -0.39 is 0 Å². The summed E-state index contributed by atoms with van der Waals surface area (Å²) in [6.07, 6.45) is 0. The molecule has 0 fully saturated rings. The lowest BCUT2D eigenvalue weighted by Crippen LogP contribution is -2.28. The summed E-state index contributed by atoms with van der Waals surface area (Å²) in [4.78, 5) is 12.2. The largest absolute Gasteiger partial charge is 0.475 e. The zero-order chi connectivity index (χ0) is 20.2. The Bertz CT molecular complexity index is 1170. The predicted molar refractivity (Wildman–Crippen MR) is 105 cm³/mol. The number of nitrogens with zero attached hydrogens (tertiary/aromatic N) is 4. The maximum absolute atomic E-state index is 13.5. The van der Waals surface area contributed by atoms with Crippen LogP contribution >= 0.6 is 0 Å². The van der Waals surface area contributed by atoms with Gasteiger partial charge in [0, 0.05) is 17.2 Å². The van der Waals surface area contributed by atoms with Gasteiger partial charge in [-0.1, -0.05) is 30.3 Å². The molecule has 8 heteroatoms. The minimum atomic E-state index is -0.365. The van der Waals surface area contributed by atoms with Crippen LogP contribution in [0.2, 0.25) is 0 Å². The number of carbonyl (C=O) groups excluding carboxylic acids is 1. The van der Waals surface area contributed by atoms with E-state index in [1.807, 2.05) is 25.1 Å². The van der Waals surface area contributed by atoms with Gasteiger partial charge in [-0.05, 0) is 36.8 Å². The SMILES string of the molecule is Cc1ccccc1C(=O)NCCOc1ccc2nnc(-c3cccc(F)c3)n2n1. The Labute approximate surface area is 166 Å². The van der Waals surface area contributed by atoms with Crippen molar-refractivity contribution >= 4 is 11.6 Å². The average molecular weight is 391 g/mol. The second-order valence-corrected chi connectivity index (χ2v) is 6.39. The van der Waals surface area contributed by atoms with E-state index in [9.17, 15) is 9.18 Å². The molecule has 0 aliphatic carbocycles. The van der Waals surface area contributed by atoms with Gasteiger partial charge in [0.25, 0.3) is 5.91 Å². The van der Waals surface area contributed by atoms with Crippen molar-refractivity contribution < 1.29 is 13.9 Å². The molecule has 0 saturated heterocycles. The van der Waals surface area contributed by atoms with Crippen LogP contribution in [0, 0.1) is 12.7 Å². The molecule has 146 valence electrons. The van der Waals surface area contributed by atoms with Gasteiger partial charge in [-0.3, -0.25) is 4.79 Å². The molecule has 0 radical (unpaired) electrons. The van der Waals surface area contributed by atoms with Gasteiger partial charge >= 0.3 is 0 Å². The first-order valence-electron chi connectivity index (χ1n) is 9.07. The Morgan fingerprint density at radius 3 is 2.79 bits per heavy atom. The lowest BCUT2D eigenvalue weighted by atomic mass is 10.1. The van der Waals surface area contributed by atoms with Gasteiger partial charge in [0.2, 0.25) is 5.88 Å². The number of hydrogen-bond donors (Lipinski definition) is 1. The summed E-state index contributed by atoms with van der Waals surface area (Å²) in [5, 5.41) is 15.3. The molecule has 4 aromatic rings. The third kappa shape index (κ3) is 4.06. The molecular formula is C21H18FN5O2. The molecule has 0 bridgehead atoms. The fraction of sp³-hybridized carbons (Fsp3) is 0.143. The van der Waals surface area contributed by atoms with Crippen molar-refractivity contribution in [3.8, 4) is 17.3 Å². The number of rotatable bonds is 6. The first kappa shape index (κ1) is 18.5. The van der Waals surface area contributed by atoms with Crippen molar-refractivity contribution in [2.24, 2.45) is 0 Å². The van der Waals surface area contributed by atoms with Crippen LogP contribution in [0.25, 0.3) is 17.0 Å². The maximum atomic E-state index is 13.5. The topological polar surface area (TPSA) is 81.4 Å². The standard InChI is InChI=1S/C21H18FN5O2/c1-14-5-2-3-8-17(14)21(28)23-11-12-29-19-10-9-18-24-25-20(27(18)26-19)15-6-4-7-16(22)13-15/h2-10,13H,11-12H2,1H3,(H,23,28). The van der Waals surface area contributed by atoms with Crippen LogP contribution in [-0.2, 0) is 0 Å². The van der Waals surface area contributed by atoms with Gasteiger partial charge in [-0.25, -0.2) is 4.39 Å². The lowest BCUT2D eigenvalue weighted by Gasteiger charge is -2.09. The fourth-order valence-electron chi connectivity index (χ4n) is 2.90. The van der Waals surface area contributed by atoms with Crippen LogP contribution in [0.1, 0.15) is 15.9 Å². The van der Waals surface area contributed by atoms with Crippen LogP contribution in [0.4, 0.5) is 4.39 Å². The van der Waals surface area contributed by atoms with Crippen molar-refractivity contribution in [3.63, 3.8) is 0 Å². The summed E-state index contributed by atoms with van der Waals surface area (Å²) in [5.41, 5.74) is 2.63. The van der Waals surface area contributed by atoms with Crippen LogP contribution < -0.4 is 10.1 Å². The quantitative estimate of drug-likeness (QED) is 0.511. The predicted octanol–water partition coefficient (Wildman–Crippen LogP) is 3.05.